The first-order valence-electron chi connectivity index (χ1n) is 7.17. The van der Waals surface area contributed by atoms with Crippen molar-refractivity contribution in [2.75, 3.05) is 0 Å². The zero-order valence-electron chi connectivity index (χ0n) is 14.2. The maximum absolute atomic E-state index is 11.4. The van der Waals surface area contributed by atoms with Gasteiger partial charge in [-0.15, -0.1) is 0 Å². The van der Waals surface area contributed by atoms with Gasteiger partial charge >= 0.3 is 58.2 Å². The summed E-state index contributed by atoms with van der Waals surface area (Å²) in [5.74, 6) is 0.0740. The van der Waals surface area contributed by atoms with Crippen LogP contribution in [0.15, 0.2) is 23.4 Å². The van der Waals surface area contributed by atoms with Gasteiger partial charge in [-0.05, 0) is 24.2 Å². The maximum atomic E-state index is 11.4. The summed E-state index contributed by atoms with van der Waals surface area (Å²) in [4.78, 5) is 21.6. The molecule has 1 rings (SSSR count). The van der Waals surface area contributed by atoms with Crippen molar-refractivity contribution in [3.8, 4) is 0 Å². The van der Waals surface area contributed by atoms with Gasteiger partial charge in [-0.25, -0.2) is 0 Å². The Balaban J connectivity index is 0. The van der Waals surface area contributed by atoms with Gasteiger partial charge in [-0.2, -0.15) is 5.70 Å². The number of hydrogen-bond acceptors (Lipinski definition) is 2. The van der Waals surface area contributed by atoms with E-state index in [-0.39, 0.29) is 75.4 Å². The molecule has 1 fully saturated rings. The van der Waals surface area contributed by atoms with Crippen LogP contribution in [0.5, 0.6) is 0 Å². The third-order valence-electron chi connectivity index (χ3n) is 3.41. The van der Waals surface area contributed by atoms with Crippen LogP contribution in [0.1, 0.15) is 53.9 Å². The third-order valence-corrected chi connectivity index (χ3v) is 3.41. The number of hydrogen-bond donors (Lipinski definition) is 1. The van der Waals surface area contributed by atoms with Crippen molar-refractivity contribution < 1.29 is 67.8 Å². The standard InChI is InChI=1S/C14H21N2O2.C2H6.Rb/c1-10(15)4-5-12-6-11(8-14(12,2)3)7-13(18)16-9-17;1-2;/h4-5,9,11,15H,6-8H2,1-3H3,(H,16,17,18);1-2H3;/q-1;;+1/b10-4+,12-5-;;. The quantitative estimate of drug-likeness (QED) is 0.756. The Kier molecular flexibility index (Phi) is 13.1. The Bertz CT molecular complexity index is 397. The zero-order chi connectivity index (χ0) is 15.8. The van der Waals surface area contributed by atoms with Crippen LogP contribution in [-0.4, -0.2) is 12.3 Å². The number of amides is 2. The molecular formula is C16H27N2O2Rb. The van der Waals surface area contributed by atoms with Crippen molar-refractivity contribution >= 4 is 12.3 Å². The van der Waals surface area contributed by atoms with E-state index in [1.165, 1.54) is 5.57 Å². The molecule has 0 aromatic carbocycles. The van der Waals surface area contributed by atoms with Crippen molar-refractivity contribution in [3.63, 3.8) is 0 Å². The van der Waals surface area contributed by atoms with Gasteiger partial charge in [-0.3, -0.25) is 14.9 Å². The van der Waals surface area contributed by atoms with E-state index in [1.54, 1.807) is 13.0 Å². The molecule has 0 aromatic heterocycles. The molecule has 0 heterocycles. The Morgan fingerprint density at radius 2 is 2.00 bits per heavy atom. The van der Waals surface area contributed by atoms with Crippen molar-refractivity contribution in [1.29, 1.82) is 0 Å². The van der Waals surface area contributed by atoms with Crippen molar-refractivity contribution in [2.24, 2.45) is 11.3 Å². The fourth-order valence-electron chi connectivity index (χ4n) is 2.56. The number of carbonyl (C=O) groups excluding carboxylic acids is 2. The van der Waals surface area contributed by atoms with Crippen LogP contribution in [0.25, 0.3) is 5.73 Å². The topological polar surface area (TPSA) is 70.0 Å². The van der Waals surface area contributed by atoms with Crippen LogP contribution < -0.4 is 63.5 Å². The normalized spacial score (nSPS) is 21.9. The fraction of sp³-hybridized carbons (Fsp3) is 0.625. The van der Waals surface area contributed by atoms with Crippen LogP contribution in [-0.2, 0) is 9.59 Å². The van der Waals surface area contributed by atoms with Gasteiger partial charge < -0.3 is 5.73 Å². The Labute approximate surface area is 177 Å². The summed E-state index contributed by atoms with van der Waals surface area (Å²) in [6.07, 6.45) is 6.43. The Morgan fingerprint density at radius 1 is 1.43 bits per heavy atom. The maximum Gasteiger partial charge on any atom is 1.00 e. The molecule has 0 bridgehead atoms. The van der Waals surface area contributed by atoms with E-state index in [4.69, 9.17) is 5.73 Å². The Morgan fingerprint density at radius 3 is 2.48 bits per heavy atom. The molecule has 2 amide bonds. The minimum atomic E-state index is -0.209. The summed E-state index contributed by atoms with van der Waals surface area (Å²) in [6.45, 7) is 10.1. The van der Waals surface area contributed by atoms with Crippen LogP contribution in [0.2, 0.25) is 0 Å². The van der Waals surface area contributed by atoms with E-state index in [0.29, 0.717) is 18.5 Å². The van der Waals surface area contributed by atoms with Gasteiger partial charge in [-0.1, -0.05) is 52.3 Å². The Hall–Kier alpha value is 0.225. The second kappa shape index (κ2) is 11.7. The van der Waals surface area contributed by atoms with E-state index >= 15 is 0 Å². The minimum Gasteiger partial charge on any atom is -0.702 e. The van der Waals surface area contributed by atoms with Crippen LogP contribution in [0, 0.1) is 11.3 Å². The third kappa shape index (κ3) is 9.06. The summed E-state index contributed by atoms with van der Waals surface area (Å²) in [5.41, 5.74) is 9.27. The molecule has 1 saturated carbocycles. The first kappa shape index (κ1) is 23.5. The molecule has 5 heteroatoms. The molecule has 2 N–H and O–H groups in total. The smallest absolute Gasteiger partial charge is 0.702 e. The zero-order valence-corrected chi connectivity index (χ0v) is 19.2. The first-order valence-corrected chi connectivity index (χ1v) is 7.17. The molecule has 21 heavy (non-hydrogen) atoms. The van der Waals surface area contributed by atoms with Crippen molar-refractivity contribution in [3.05, 3.63) is 29.2 Å². The molecular weight excluding hydrogens is 338 g/mol. The van der Waals surface area contributed by atoms with Gasteiger partial charge in [0.25, 0.3) is 0 Å². The number of imide groups is 1. The van der Waals surface area contributed by atoms with E-state index in [2.05, 4.69) is 19.2 Å². The van der Waals surface area contributed by atoms with E-state index in [1.807, 2.05) is 19.9 Å². The molecule has 1 aliphatic carbocycles. The van der Waals surface area contributed by atoms with E-state index in [9.17, 15) is 9.59 Å². The van der Waals surface area contributed by atoms with Gasteiger partial charge in [0.2, 0.25) is 12.3 Å². The molecule has 0 aromatic rings. The number of carbonyl (C=O) groups is 2. The van der Waals surface area contributed by atoms with E-state index in [0.717, 1.165) is 12.8 Å². The van der Waals surface area contributed by atoms with Crippen LogP contribution in [0.3, 0.4) is 0 Å². The predicted octanol–water partition coefficient (Wildman–Crippen LogP) is 0.998. The van der Waals surface area contributed by atoms with Gasteiger partial charge in [0.15, 0.2) is 0 Å². The number of rotatable bonds is 4. The summed E-state index contributed by atoms with van der Waals surface area (Å²) in [5, 5.41) is 2.18. The largest absolute Gasteiger partial charge is 1.00 e. The van der Waals surface area contributed by atoms with Crippen molar-refractivity contribution in [2.45, 2.75) is 53.9 Å². The second-order valence-corrected chi connectivity index (χ2v) is 5.59. The van der Waals surface area contributed by atoms with E-state index < -0.39 is 0 Å². The fourth-order valence-corrected chi connectivity index (χ4v) is 2.56. The summed E-state index contributed by atoms with van der Waals surface area (Å²) < 4.78 is 0. The van der Waals surface area contributed by atoms with Crippen LogP contribution >= 0.6 is 0 Å². The SMILES string of the molecule is C/C([NH-])=C\C=C1\CC(CC(=O)NC=O)CC1(C)C.CC.[Rb+]. The van der Waals surface area contributed by atoms with Gasteiger partial charge in [0.05, 0.1) is 0 Å². The molecule has 114 valence electrons. The van der Waals surface area contributed by atoms with Gasteiger partial charge in [0, 0.05) is 6.42 Å². The molecule has 0 radical (unpaired) electrons. The predicted molar refractivity (Wildman–Crippen MR) is 82.8 cm³/mol. The van der Waals surface area contributed by atoms with Gasteiger partial charge in [0.1, 0.15) is 0 Å². The van der Waals surface area contributed by atoms with Crippen molar-refractivity contribution in [1.82, 2.24) is 5.32 Å². The second-order valence-electron chi connectivity index (χ2n) is 5.59. The average Bonchev–Trinajstić information content (AvgIpc) is 2.63. The number of nitrogens with one attached hydrogen (secondary N) is 2. The first-order chi connectivity index (χ1) is 9.35. The molecule has 1 atom stereocenters. The molecule has 1 unspecified atom stereocenters. The molecule has 0 aliphatic heterocycles. The average molecular weight is 365 g/mol. The number of allylic oxidation sites excluding steroid dienone is 4. The molecule has 0 spiro atoms. The molecule has 4 nitrogen and oxygen atoms in total. The summed E-state index contributed by atoms with van der Waals surface area (Å²) in [7, 11) is 0. The molecule has 1 aliphatic rings. The van der Waals surface area contributed by atoms with Crippen LogP contribution in [0.4, 0.5) is 0 Å². The summed E-state index contributed by atoms with van der Waals surface area (Å²) in [6, 6.07) is 0. The summed E-state index contributed by atoms with van der Waals surface area (Å²) >= 11 is 0. The molecule has 0 saturated heterocycles. The minimum absolute atomic E-state index is 0. The monoisotopic (exact) mass is 364 g/mol.